The van der Waals surface area contributed by atoms with Gasteiger partial charge >= 0.3 is 0 Å². The Labute approximate surface area is 458 Å². The number of hydrogen-bond acceptors (Lipinski definition) is 5. The van der Waals surface area contributed by atoms with Crippen LogP contribution in [0, 0.1) is 0 Å². The quantitative estimate of drug-likeness (QED) is 0.129. The molecule has 0 atom stereocenters. The minimum atomic E-state index is 0.606. The van der Waals surface area contributed by atoms with E-state index in [-0.39, 0.29) is 0 Å². The Morgan fingerprint density at radius 2 is 0.608 bits per heavy atom. The molecule has 0 saturated carbocycles. The van der Waals surface area contributed by atoms with Crippen molar-refractivity contribution in [2.75, 3.05) is 0 Å². The normalized spacial score (nSPS) is 11.3. The molecule has 0 N–H and O–H groups in total. The van der Waals surface area contributed by atoms with Crippen molar-refractivity contribution in [3.05, 3.63) is 292 Å². The number of rotatable bonds is 11. The van der Waals surface area contributed by atoms with Gasteiger partial charge in [0.2, 0.25) is 5.71 Å². The summed E-state index contributed by atoms with van der Waals surface area (Å²) in [5.74, 6) is 0. The first-order valence-electron chi connectivity index (χ1n) is 26.6. The molecule has 5 aromatic heterocycles. The predicted octanol–water partition coefficient (Wildman–Crippen LogP) is 19.5. The van der Waals surface area contributed by atoms with Gasteiger partial charge in [-0.15, -0.1) is 0 Å². The molecule has 0 spiro atoms. The monoisotopic (exact) mass is 1010 g/mol. The van der Waals surface area contributed by atoms with Crippen molar-refractivity contribution >= 4 is 22.1 Å². The predicted molar refractivity (Wildman–Crippen MR) is 325 cm³/mol. The Balaban J connectivity index is 0.945. The summed E-state index contributed by atoms with van der Waals surface area (Å²) in [6.07, 6.45) is 7.91. The number of fused-ring (bicyclic) bond motifs is 3. The fraction of sp³-hybridized carbons (Fsp3) is 0. The lowest BCUT2D eigenvalue weighted by Crippen LogP contribution is -1.95. The van der Waals surface area contributed by atoms with Crippen LogP contribution >= 0.6 is 0 Å². The van der Waals surface area contributed by atoms with E-state index in [0.29, 0.717) is 5.71 Å². The summed E-state index contributed by atoms with van der Waals surface area (Å²) in [6.45, 7) is 0. The van der Waals surface area contributed by atoms with E-state index in [1.165, 1.54) is 5.56 Å². The van der Waals surface area contributed by atoms with E-state index in [1.807, 2.05) is 55.1 Å². The Kier molecular flexibility index (Phi) is 12.2. The highest BCUT2D eigenvalue weighted by Crippen LogP contribution is 2.45. The maximum Gasteiger partial charge on any atom is 0.227 e. The highest BCUT2D eigenvalue weighted by Gasteiger charge is 2.20. The van der Waals surface area contributed by atoms with Gasteiger partial charge in [-0.05, 0) is 121 Å². The molecular formula is C74H48N4O. The molecule has 9 aromatic carbocycles. The Morgan fingerprint density at radius 3 is 1.14 bits per heavy atom. The van der Waals surface area contributed by atoms with Gasteiger partial charge in [0.1, 0.15) is 5.58 Å². The summed E-state index contributed by atoms with van der Waals surface area (Å²) in [7, 11) is 0. The lowest BCUT2D eigenvalue weighted by Gasteiger charge is -2.19. The second kappa shape index (κ2) is 20.5. The van der Waals surface area contributed by atoms with Gasteiger partial charge in [0, 0.05) is 68.9 Å². The van der Waals surface area contributed by atoms with E-state index in [9.17, 15) is 0 Å². The molecule has 0 aliphatic heterocycles. The largest absolute Gasteiger partial charge is 0.438 e. The van der Waals surface area contributed by atoms with Crippen molar-refractivity contribution in [2.24, 2.45) is 0 Å². The standard InChI is InChI=1S/C74H48N4O/c1-4-18-49(19-5-1)50-32-34-51(35-33-50)67-44-72(59-43-68-66-30-16-17-31-73(66)79-74(68)78-47-59)77-48-69(67)65-29-15-14-28-64(65)58-41-56(62-26-12-10-24-60(62)54-36-38-70(75-45-54)52-20-6-2-7-21-52)40-57(42-58)63-27-13-11-25-61(63)55-37-39-71(76-46-55)53-22-8-3-9-23-53/h1-48H. The van der Waals surface area contributed by atoms with Gasteiger partial charge < -0.3 is 4.42 Å². The SMILES string of the molecule is c1ccc(-c2ccc(-c3cc(-c4cnc5oc6ccccc6c5c4)ncc3-c3ccccc3-c3cc(-c4ccccc4-c4ccc(-c5ccccc5)nc4)cc(-c4ccccc4-c4ccc(-c5ccccc5)nc4)c3)cc2)cc1. The molecule has 14 aromatic rings. The average molecular weight is 1010 g/mol. The molecule has 79 heavy (non-hydrogen) atoms. The van der Waals surface area contributed by atoms with E-state index in [2.05, 4.69) is 237 Å². The zero-order valence-corrected chi connectivity index (χ0v) is 42.9. The summed E-state index contributed by atoms with van der Waals surface area (Å²) >= 11 is 0. The molecule has 0 aliphatic carbocycles. The van der Waals surface area contributed by atoms with E-state index in [0.717, 1.165) is 134 Å². The molecule has 14 rings (SSSR count). The topological polar surface area (TPSA) is 64.7 Å². The third-order valence-electron chi connectivity index (χ3n) is 15.0. The minimum Gasteiger partial charge on any atom is -0.438 e. The van der Waals surface area contributed by atoms with Gasteiger partial charge in [-0.1, -0.05) is 218 Å². The second-order valence-electron chi connectivity index (χ2n) is 19.8. The number of aromatic nitrogens is 4. The molecule has 0 bridgehead atoms. The highest BCUT2D eigenvalue weighted by molar-refractivity contribution is 6.05. The number of nitrogens with zero attached hydrogens (tertiary/aromatic N) is 4. The molecule has 0 saturated heterocycles. The summed E-state index contributed by atoms with van der Waals surface area (Å²) in [4.78, 5) is 20.1. The number of para-hydroxylation sites is 1. The number of furan rings is 1. The number of hydrogen-bond donors (Lipinski definition) is 0. The maximum absolute atomic E-state index is 6.15. The summed E-state index contributed by atoms with van der Waals surface area (Å²) in [6, 6.07) is 94.3. The molecule has 0 amide bonds. The number of benzene rings is 9. The van der Waals surface area contributed by atoms with Crippen LogP contribution in [0.15, 0.2) is 296 Å². The third kappa shape index (κ3) is 9.15. The molecule has 5 heteroatoms. The fourth-order valence-corrected chi connectivity index (χ4v) is 11.0. The van der Waals surface area contributed by atoms with Gasteiger partial charge in [-0.3, -0.25) is 15.0 Å². The van der Waals surface area contributed by atoms with Crippen LogP contribution in [0.1, 0.15) is 0 Å². The van der Waals surface area contributed by atoms with Crippen LogP contribution in [0.4, 0.5) is 0 Å². The van der Waals surface area contributed by atoms with Crippen LogP contribution in [-0.4, -0.2) is 19.9 Å². The molecular weight excluding hydrogens is 961 g/mol. The first kappa shape index (κ1) is 46.9. The van der Waals surface area contributed by atoms with Crippen molar-refractivity contribution < 1.29 is 4.42 Å². The van der Waals surface area contributed by atoms with E-state index in [1.54, 1.807) is 0 Å². The van der Waals surface area contributed by atoms with Gasteiger partial charge in [-0.25, -0.2) is 4.98 Å². The zero-order valence-electron chi connectivity index (χ0n) is 42.9. The van der Waals surface area contributed by atoms with Crippen LogP contribution in [0.2, 0.25) is 0 Å². The Bertz CT molecular complexity index is 4350. The zero-order chi connectivity index (χ0) is 52.5. The number of pyridine rings is 4. The molecule has 0 fully saturated rings. The van der Waals surface area contributed by atoms with Gasteiger partial charge in [0.25, 0.3) is 0 Å². The van der Waals surface area contributed by atoms with Gasteiger partial charge in [0.15, 0.2) is 0 Å². The molecule has 0 aliphatic rings. The summed E-state index contributed by atoms with van der Waals surface area (Å²) < 4.78 is 6.15. The molecule has 0 radical (unpaired) electrons. The molecule has 0 unspecified atom stereocenters. The average Bonchev–Trinajstić information content (AvgIpc) is 4.00. The summed E-state index contributed by atoms with van der Waals surface area (Å²) in [5, 5.41) is 1.98. The van der Waals surface area contributed by atoms with Crippen LogP contribution in [0.25, 0.3) is 145 Å². The first-order valence-corrected chi connectivity index (χ1v) is 26.6. The molecule has 5 heterocycles. The van der Waals surface area contributed by atoms with Crippen LogP contribution in [0.5, 0.6) is 0 Å². The van der Waals surface area contributed by atoms with Crippen molar-refractivity contribution in [3.8, 4) is 123 Å². The van der Waals surface area contributed by atoms with Crippen molar-refractivity contribution in [3.63, 3.8) is 0 Å². The fourth-order valence-electron chi connectivity index (χ4n) is 11.0. The van der Waals surface area contributed by atoms with Gasteiger partial charge in [-0.2, -0.15) is 0 Å². The lowest BCUT2D eigenvalue weighted by atomic mass is 9.85. The van der Waals surface area contributed by atoms with Crippen LogP contribution in [0.3, 0.4) is 0 Å². The maximum atomic E-state index is 6.15. The first-order chi connectivity index (χ1) is 39.1. The lowest BCUT2D eigenvalue weighted by molar-refractivity contribution is 0.654. The second-order valence-corrected chi connectivity index (χ2v) is 19.8. The minimum absolute atomic E-state index is 0.606. The highest BCUT2D eigenvalue weighted by atomic mass is 16.3. The Hall–Kier alpha value is -10.6. The summed E-state index contributed by atoms with van der Waals surface area (Å²) in [5.41, 5.74) is 24.5. The molecule has 370 valence electrons. The Morgan fingerprint density at radius 1 is 0.203 bits per heavy atom. The van der Waals surface area contributed by atoms with E-state index in [4.69, 9.17) is 24.4 Å². The van der Waals surface area contributed by atoms with E-state index < -0.39 is 0 Å². The van der Waals surface area contributed by atoms with E-state index >= 15 is 0 Å². The van der Waals surface area contributed by atoms with Crippen molar-refractivity contribution in [2.45, 2.75) is 0 Å². The van der Waals surface area contributed by atoms with Crippen LogP contribution < -0.4 is 0 Å². The van der Waals surface area contributed by atoms with Crippen molar-refractivity contribution in [1.29, 1.82) is 0 Å². The third-order valence-corrected chi connectivity index (χ3v) is 15.0. The van der Waals surface area contributed by atoms with Crippen LogP contribution in [-0.2, 0) is 0 Å². The molecule has 5 nitrogen and oxygen atoms in total. The smallest absolute Gasteiger partial charge is 0.227 e. The van der Waals surface area contributed by atoms with Gasteiger partial charge in [0.05, 0.1) is 17.1 Å². The van der Waals surface area contributed by atoms with Crippen molar-refractivity contribution in [1.82, 2.24) is 19.9 Å².